The van der Waals surface area contributed by atoms with Crippen LogP contribution in [0.5, 0.6) is 0 Å². The van der Waals surface area contributed by atoms with Gasteiger partial charge in [0.2, 0.25) is 5.91 Å². The van der Waals surface area contributed by atoms with E-state index in [1.54, 1.807) is 6.07 Å². The highest BCUT2D eigenvalue weighted by Crippen LogP contribution is 2.21. The Balaban J connectivity index is 1.55. The van der Waals surface area contributed by atoms with Gasteiger partial charge < -0.3 is 15.2 Å². The number of thioether (sulfide) groups is 1. The van der Waals surface area contributed by atoms with Gasteiger partial charge in [-0.1, -0.05) is 42.3 Å². The van der Waals surface area contributed by atoms with Crippen LogP contribution in [-0.2, 0) is 11.8 Å². The largest absolute Gasteiger partial charge is 0.353 e. The van der Waals surface area contributed by atoms with Crippen molar-refractivity contribution >= 4 is 23.6 Å². The summed E-state index contributed by atoms with van der Waals surface area (Å²) in [5, 5.41) is 15.1. The van der Waals surface area contributed by atoms with Crippen LogP contribution in [0.1, 0.15) is 60.4 Å². The van der Waals surface area contributed by atoms with Crippen LogP contribution in [0.3, 0.4) is 0 Å². The molecule has 1 aliphatic rings. The molecule has 8 heteroatoms. The maximum absolute atomic E-state index is 12.5. The van der Waals surface area contributed by atoms with Gasteiger partial charge in [-0.05, 0) is 38.8 Å². The third-order valence-corrected chi connectivity index (χ3v) is 5.96. The molecule has 7 nitrogen and oxygen atoms in total. The monoisotopic (exact) mass is 401 g/mol. The van der Waals surface area contributed by atoms with Gasteiger partial charge in [-0.3, -0.25) is 9.59 Å². The molecule has 1 aromatic carbocycles. The van der Waals surface area contributed by atoms with Crippen LogP contribution in [0.4, 0.5) is 0 Å². The lowest BCUT2D eigenvalue weighted by molar-refractivity contribution is -0.119. The lowest BCUT2D eigenvalue weighted by Gasteiger charge is -2.14. The SMILES string of the molecule is Cc1cccc(C(=O)NC(C)c2nnc(SCC(=O)NC3CCCC3)n2C)c1. The topological polar surface area (TPSA) is 88.9 Å². The number of nitrogens with one attached hydrogen (secondary N) is 2. The van der Waals surface area contributed by atoms with Crippen molar-refractivity contribution < 1.29 is 9.59 Å². The second-order valence-corrected chi connectivity index (χ2v) is 8.24. The minimum absolute atomic E-state index is 0.0299. The Morgan fingerprint density at radius 2 is 2.04 bits per heavy atom. The van der Waals surface area contributed by atoms with Crippen molar-refractivity contribution in [3.05, 3.63) is 41.2 Å². The van der Waals surface area contributed by atoms with Crippen molar-refractivity contribution in [1.82, 2.24) is 25.4 Å². The van der Waals surface area contributed by atoms with E-state index in [0.29, 0.717) is 28.3 Å². The number of hydrogen-bond donors (Lipinski definition) is 2. The van der Waals surface area contributed by atoms with Crippen LogP contribution >= 0.6 is 11.8 Å². The van der Waals surface area contributed by atoms with E-state index in [2.05, 4.69) is 20.8 Å². The van der Waals surface area contributed by atoms with Crippen molar-refractivity contribution in [3.63, 3.8) is 0 Å². The molecule has 1 atom stereocenters. The zero-order chi connectivity index (χ0) is 20.1. The molecular formula is C20H27N5O2S. The minimum Gasteiger partial charge on any atom is -0.353 e. The third kappa shape index (κ3) is 5.13. The minimum atomic E-state index is -0.299. The molecule has 3 rings (SSSR count). The number of nitrogens with zero attached hydrogens (tertiary/aromatic N) is 3. The van der Waals surface area contributed by atoms with Gasteiger partial charge in [-0.2, -0.15) is 0 Å². The Morgan fingerprint density at radius 1 is 1.29 bits per heavy atom. The van der Waals surface area contributed by atoms with Gasteiger partial charge in [0.25, 0.3) is 5.91 Å². The van der Waals surface area contributed by atoms with Crippen molar-refractivity contribution in [2.45, 2.75) is 56.8 Å². The maximum atomic E-state index is 12.5. The first kappa shape index (κ1) is 20.4. The molecule has 1 unspecified atom stereocenters. The highest BCUT2D eigenvalue weighted by atomic mass is 32.2. The molecule has 1 saturated carbocycles. The number of aryl methyl sites for hydroxylation is 1. The molecule has 2 aromatic rings. The number of aromatic nitrogens is 3. The number of carbonyl (C=O) groups is 2. The molecule has 0 spiro atoms. The Hall–Kier alpha value is -2.35. The van der Waals surface area contributed by atoms with Crippen LogP contribution in [0.25, 0.3) is 0 Å². The van der Waals surface area contributed by atoms with E-state index in [1.807, 2.05) is 43.7 Å². The average molecular weight is 402 g/mol. The Labute approximate surface area is 169 Å². The number of rotatable bonds is 7. The van der Waals surface area contributed by atoms with Gasteiger partial charge in [0.15, 0.2) is 11.0 Å². The summed E-state index contributed by atoms with van der Waals surface area (Å²) in [4.78, 5) is 24.6. The summed E-state index contributed by atoms with van der Waals surface area (Å²) in [5.41, 5.74) is 1.65. The van der Waals surface area contributed by atoms with Crippen LogP contribution in [-0.4, -0.2) is 38.4 Å². The lowest BCUT2D eigenvalue weighted by Crippen LogP contribution is -2.33. The van der Waals surface area contributed by atoms with Gasteiger partial charge >= 0.3 is 0 Å². The van der Waals surface area contributed by atoms with Gasteiger partial charge in [-0.15, -0.1) is 10.2 Å². The highest BCUT2D eigenvalue weighted by molar-refractivity contribution is 7.99. The normalized spacial score (nSPS) is 15.4. The summed E-state index contributed by atoms with van der Waals surface area (Å²) >= 11 is 1.36. The van der Waals surface area contributed by atoms with E-state index < -0.39 is 0 Å². The molecule has 2 N–H and O–H groups in total. The maximum Gasteiger partial charge on any atom is 0.251 e. The van der Waals surface area contributed by atoms with Crippen LogP contribution in [0, 0.1) is 6.92 Å². The fourth-order valence-electron chi connectivity index (χ4n) is 3.43. The Morgan fingerprint density at radius 3 is 2.75 bits per heavy atom. The van der Waals surface area contributed by atoms with Crippen LogP contribution in [0.15, 0.2) is 29.4 Å². The van der Waals surface area contributed by atoms with E-state index in [1.165, 1.54) is 24.6 Å². The van der Waals surface area contributed by atoms with E-state index in [9.17, 15) is 9.59 Å². The first-order chi connectivity index (χ1) is 13.4. The quantitative estimate of drug-likeness (QED) is 0.697. The summed E-state index contributed by atoms with van der Waals surface area (Å²) < 4.78 is 1.83. The zero-order valence-electron chi connectivity index (χ0n) is 16.6. The molecule has 2 amide bonds. The average Bonchev–Trinajstić information content (AvgIpc) is 3.29. The lowest BCUT2D eigenvalue weighted by atomic mass is 10.1. The van der Waals surface area contributed by atoms with E-state index >= 15 is 0 Å². The predicted octanol–water partition coefficient (Wildman–Crippen LogP) is 2.77. The Bertz CT molecular complexity index is 845. The summed E-state index contributed by atoms with van der Waals surface area (Å²) in [7, 11) is 1.85. The fraction of sp³-hybridized carbons (Fsp3) is 0.500. The molecule has 0 saturated heterocycles. The second-order valence-electron chi connectivity index (χ2n) is 7.30. The van der Waals surface area contributed by atoms with Gasteiger partial charge in [0.1, 0.15) is 0 Å². The van der Waals surface area contributed by atoms with Crippen LogP contribution in [0.2, 0.25) is 0 Å². The van der Waals surface area contributed by atoms with Crippen molar-refractivity contribution in [2.24, 2.45) is 7.05 Å². The summed E-state index contributed by atoms with van der Waals surface area (Å²) in [6.07, 6.45) is 4.53. The molecule has 1 aromatic heterocycles. The molecule has 1 aliphatic carbocycles. The molecule has 0 bridgehead atoms. The van der Waals surface area contributed by atoms with Gasteiger partial charge in [0.05, 0.1) is 11.8 Å². The number of amides is 2. The zero-order valence-corrected chi connectivity index (χ0v) is 17.4. The number of hydrogen-bond acceptors (Lipinski definition) is 5. The smallest absolute Gasteiger partial charge is 0.251 e. The van der Waals surface area contributed by atoms with Crippen molar-refractivity contribution in [1.29, 1.82) is 0 Å². The molecule has 1 heterocycles. The third-order valence-electron chi connectivity index (χ3n) is 4.94. The Kier molecular flexibility index (Phi) is 6.72. The molecule has 0 radical (unpaired) electrons. The number of carbonyl (C=O) groups excluding carboxylic acids is 2. The molecule has 1 fully saturated rings. The van der Waals surface area contributed by atoms with E-state index in [4.69, 9.17) is 0 Å². The first-order valence-corrected chi connectivity index (χ1v) is 10.6. The van der Waals surface area contributed by atoms with Gasteiger partial charge in [-0.25, -0.2) is 0 Å². The summed E-state index contributed by atoms with van der Waals surface area (Å²) in [6, 6.07) is 7.48. The molecule has 0 aliphatic heterocycles. The highest BCUT2D eigenvalue weighted by Gasteiger charge is 2.20. The fourth-order valence-corrected chi connectivity index (χ4v) is 4.16. The predicted molar refractivity (Wildman–Crippen MR) is 109 cm³/mol. The van der Waals surface area contributed by atoms with E-state index in [-0.39, 0.29) is 17.9 Å². The van der Waals surface area contributed by atoms with Crippen molar-refractivity contribution in [2.75, 3.05) is 5.75 Å². The van der Waals surface area contributed by atoms with Crippen LogP contribution < -0.4 is 10.6 Å². The summed E-state index contributed by atoms with van der Waals surface area (Å²) in [5.74, 6) is 0.846. The first-order valence-electron chi connectivity index (χ1n) is 9.63. The summed E-state index contributed by atoms with van der Waals surface area (Å²) in [6.45, 7) is 3.83. The molecule has 150 valence electrons. The second kappa shape index (κ2) is 9.23. The van der Waals surface area contributed by atoms with Crippen molar-refractivity contribution in [3.8, 4) is 0 Å². The molecular weight excluding hydrogens is 374 g/mol. The standard InChI is InChI=1S/C20H27N5O2S/c1-13-7-6-8-15(11-13)19(27)21-14(2)18-23-24-20(25(18)3)28-12-17(26)22-16-9-4-5-10-16/h6-8,11,14,16H,4-5,9-10,12H2,1-3H3,(H,21,27)(H,22,26). The molecule has 28 heavy (non-hydrogen) atoms. The van der Waals surface area contributed by atoms with Gasteiger partial charge in [0, 0.05) is 18.7 Å². The van der Waals surface area contributed by atoms with E-state index in [0.717, 1.165) is 18.4 Å². The number of benzene rings is 1.